The molecule has 1 aliphatic rings. The van der Waals surface area contributed by atoms with E-state index in [0.717, 1.165) is 12.5 Å². The molecule has 2 rings (SSSR count). The molecule has 0 aliphatic heterocycles. The number of likely N-dealkylation sites (N-methyl/N-ethyl adjacent to an activating group) is 1. The first kappa shape index (κ1) is 16.5. The summed E-state index contributed by atoms with van der Waals surface area (Å²) in [6, 6.07) is 12.1. The van der Waals surface area contributed by atoms with Crippen LogP contribution in [0.5, 0.6) is 0 Å². The number of nitrogens with one attached hydrogen (secondary N) is 1. The molecule has 1 N–H and O–H groups in total. The Bertz CT molecular complexity index is 380. The standard InChI is InChI=1S/C19H32N2/c1-4-8-16-11-13-18(14-12-16)20-19(15-21(2)3)17-9-6-5-7-10-17/h5-7,9-10,16,18-20H,4,8,11-15H2,1-3H3. The lowest BCUT2D eigenvalue weighted by Gasteiger charge is -2.33. The smallest absolute Gasteiger partial charge is 0.0451 e. The van der Waals surface area contributed by atoms with E-state index in [1.165, 1.54) is 44.1 Å². The largest absolute Gasteiger partial charge is 0.308 e. The molecule has 0 amide bonds. The third kappa shape index (κ3) is 5.44. The van der Waals surface area contributed by atoms with Gasteiger partial charge in [0.15, 0.2) is 0 Å². The van der Waals surface area contributed by atoms with Crippen LogP contribution in [0, 0.1) is 5.92 Å². The predicted molar refractivity (Wildman–Crippen MR) is 91.5 cm³/mol. The minimum Gasteiger partial charge on any atom is -0.308 e. The van der Waals surface area contributed by atoms with Crippen molar-refractivity contribution in [2.24, 2.45) is 5.92 Å². The zero-order valence-electron chi connectivity index (χ0n) is 14.0. The second-order valence-corrected chi connectivity index (χ2v) is 6.90. The molecule has 1 atom stereocenters. The Labute approximate surface area is 130 Å². The zero-order valence-corrected chi connectivity index (χ0v) is 14.0. The first-order chi connectivity index (χ1) is 10.2. The summed E-state index contributed by atoms with van der Waals surface area (Å²) in [5.41, 5.74) is 1.42. The van der Waals surface area contributed by atoms with Gasteiger partial charge in [0.05, 0.1) is 0 Å². The van der Waals surface area contributed by atoms with Crippen molar-refractivity contribution >= 4 is 0 Å². The van der Waals surface area contributed by atoms with Crippen LogP contribution in [0.25, 0.3) is 0 Å². The van der Waals surface area contributed by atoms with Crippen LogP contribution in [0.15, 0.2) is 30.3 Å². The highest BCUT2D eigenvalue weighted by atomic mass is 15.1. The van der Waals surface area contributed by atoms with Crippen molar-refractivity contribution in [3.63, 3.8) is 0 Å². The number of benzene rings is 1. The van der Waals surface area contributed by atoms with E-state index in [1.54, 1.807) is 0 Å². The SMILES string of the molecule is CCCC1CCC(NC(CN(C)C)c2ccccc2)CC1. The summed E-state index contributed by atoms with van der Waals surface area (Å²) in [7, 11) is 4.32. The lowest BCUT2D eigenvalue weighted by atomic mass is 9.83. The highest BCUT2D eigenvalue weighted by molar-refractivity contribution is 5.19. The van der Waals surface area contributed by atoms with Crippen molar-refractivity contribution in [2.45, 2.75) is 57.5 Å². The lowest BCUT2D eigenvalue weighted by molar-refractivity contribution is 0.244. The van der Waals surface area contributed by atoms with Gasteiger partial charge in [0.25, 0.3) is 0 Å². The van der Waals surface area contributed by atoms with Gasteiger partial charge >= 0.3 is 0 Å². The highest BCUT2D eigenvalue weighted by Gasteiger charge is 2.23. The molecule has 1 fully saturated rings. The molecule has 0 heterocycles. The molecule has 2 nitrogen and oxygen atoms in total. The molecular weight excluding hydrogens is 256 g/mol. The summed E-state index contributed by atoms with van der Waals surface area (Å²) < 4.78 is 0. The maximum absolute atomic E-state index is 3.92. The fourth-order valence-corrected chi connectivity index (χ4v) is 3.62. The fraction of sp³-hybridized carbons (Fsp3) is 0.684. The highest BCUT2D eigenvalue weighted by Crippen LogP contribution is 2.29. The van der Waals surface area contributed by atoms with Crippen LogP contribution in [0.4, 0.5) is 0 Å². The van der Waals surface area contributed by atoms with E-state index in [1.807, 2.05) is 0 Å². The molecule has 1 aromatic carbocycles. The van der Waals surface area contributed by atoms with E-state index in [4.69, 9.17) is 0 Å². The Balaban J connectivity index is 1.91. The van der Waals surface area contributed by atoms with Crippen LogP contribution in [0.2, 0.25) is 0 Å². The van der Waals surface area contributed by atoms with E-state index >= 15 is 0 Å². The van der Waals surface area contributed by atoms with Gasteiger partial charge in [0.1, 0.15) is 0 Å². The Kier molecular flexibility index (Phi) is 6.72. The minimum absolute atomic E-state index is 0.453. The first-order valence-electron chi connectivity index (χ1n) is 8.64. The first-order valence-corrected chi connectivity index (χ1v) is 8.64. The Morgan fingerprint density at radius 3 is 2.33 bits per heavy atom. The van der Waals surface area contributed by atoms with Gasteiger partial charge in [-0.05, 0) is 51.3 Å². The maximum Gasteiger partial charge on any atom is 0.0451 e. The summed E-state index contributed by atoms with van der Waals surface area (Å²) in [6.45, 7) is 3.38. The molecule has 1 aliphatic carbocycles. The quantitative estimate of drug-likeness (QED) is 0.807. The second kappa shape index (κ2) is 8.55. The fourth-order valence-electron chi connectivity index (χ4n) is 3.62. The molecule has 118 valence electrons. The molecule has 21 heavy (non-hydrogen) atoms. The van der Waals surface area contributed by atoms with Gasteiger partial charge in [0.2, 0.25) is 0 Å². The van der Waals surface area contributed by atoms with Gasteiger partial charge in [-0.1, -0.05) is 50.1 Å². The van der Waals surface area contributed by atoms with Crippen molar-refractivity contribution in [3.05, 3.63) is 35.9 Å². The van der Waals surface area contributed by atoms with Gasteiger partial charge in [0, 0.05) is 18.6 Å². The van der Waals surface area contributed by atoms with Crippen LogP contribution in [-0.4, -0.2) is 31.6 Å². The van der Waals surface area contributed by atoms with Crippen LogP contribution in [-0.2, 0) is 0 Å². The van der Waals surface area contributed by atoms with E-state index in [0.29, 0.717) is 12.1 Å². The lowest BCUT2D eigenvalue weighted by Crippen LogP contribution is -2.40. The van der Waals surface area contributed by atoms with Gasteiger partial charge in [-0.15, -0.1) is 0 Å². The molecular formula is C19H32N2. The Hall–Kier alpha value is -0.860. The maximum atomic E-state index is 3.92. The van der Waals surface area contributed by atoms with Crippen molar-refractivity contribution in [1.29, 1.82) is 0 Å². The van der Waals surface area contributed by atoms with E-state index in [9.17, 15) is 0 Å². The van der Waals surface area contributed by atoms with Gasteiger partial charge in [-0.25, -0.2) is 0 Å². The molecule has 0 aromatic heterocycles. The van der Waals surface area contributed by atoms with Gasteiger partial charge in [-0.3, -0.25) is 0 Å². The molecule has 1 unspecified atom stereocenters. The number of rotatable bonds is 7. The molecule has 0 saturated heterocycles. The molecule has 2 heteroatoms. The monoisotopic (exact) mass is 288 g/mol. The Morgan fingerprint density at radius 2 is 1.76 bits per heavy atom. The summed E-state index contributed by atoms with van der Waals surface area (Å²) in [5, 5.41) is 3.92. The molecule has 0 spiro atoms. The topological polar surface area (TPSA) is 15.3 Å². The summed E-state index contributed by atoms with van der Waals surface area (Å²) in [4.78, 5) is 2.29. The van der Waals surface area contributed by atoms with Crippen molar-refractivity contribution in [1.82, 2.24) is 10.2 Å². The molecule has 1 saturated carbocycles. The van der Waals surface area contributed by atoms with Crippen molar-refractivity contribution in [2.75, 3.05) is 20.6 Å². The van der Waals surface area contributed by atoms with E-state index in [-0.39, 0.29) is 0 Å². The third-order valence-electron chi connectivity index (χ3n) is 4.73. The van der Waals surface area contributed by atoms with Gasteiger partial charge in [-0.2, -0.15) is 0 Å². The summed E-state index contributed by atoms with van der Waals surface area (Å²) in [5.74, 6) is 0.983. The second-order valence-electron chi connectivity index (χ2n) is 6.90. The van der Waals surface area contributed by atoms with Crippen LogP contribution in [0.3, 0.4) is 0 Å². The average Bonchev–Trinajstić information content (AvgIpc) is 2.49. The van der Waals surface area contributed by atoms with E-state index in [2.05, 4.69) is 61.6 Å². The molecule has 0 radical (unpaired) electrons. The van der Waals surface area contributed by atoms with Crippen molar-refractivity contribution in [3.8, 4) is 0 Å². The number of hydrogen-bond acceptors (Lipinski definition) is 2. The Morgan fingerprint density at radius 1 is 1.10 bits per heavy atom. The van der Waals surface area contributed by atoms with Crippen LogP contribution >= 0.6 is 0 Å². The number of hydrogen-bond donors (Lipinski definition) is 1. The average molecular weight is 288 g/mol. The van der Waals surface area contributed by atoms with Gasteiger partial charge < -0.3 is 10.2 Å². The van der Waals surface area contributed by atoms with Crippen molar-refractivity contribution < 1.29 is 0 Å². The number of nitrogens with zero attached hydrogens (tertiary/aromatic N) is 1. The van der Waals surface area contributed by atoms with Crippen LogP contribution in [0.1, 0.15) is 57.1 Å². The summed E-state index contributed by atoms with van der Waals surface area (Å²) >= 11 is 0. The molecule has 0 bridgehead atoms. The minimum atomic E-state index is 0.453. The third-order valence-corrected chi connectivity index (χ3v) is 4.73. The summed E-state index contributed by atoms with van der Waals surface area (Å²) in [6.07, 6.45) is 8.29. The van der Waals surface area contributed by atoms with E-state index < -0.39 is 0 Å². The molecule has 1 aromatic rings. The normalized spacial score (nSPS) is 24.2. The predicted octanol–water partition coefficient (Wildman–Crippen LogP) is 4.24. The zero-order chi connectivity index (χ0) is 15.1. The van der Waals surface area contributed by atoms with Crippen LogP contribution < -0.4 is 5.32 Å².